The molecular weight excluding hydrogens is 210 g/mol. The monoisotopic (exact) mass is 231 g/mol. The SMILES string of the molecule is Cc1cc[nH]c1/C(=N/N)C1CC2(CC(C)C2)C1. The van der Waals surface area contributed by atoms with Gasteiger partial charge in [-0.2, -0.15) is 5.10 Å². The summed E-state index contributed by atoms with van der Waals surface area (Å²) in [5.74, 6) is 7.09. The number of hydrogen-bond acceptors (Lipinski definition) is 2. The molecule has 3 rings (SSSR count). The molecule has 92 valence electrons. The summed E-state index contributed by atoms with van der Waals surface area (Å²) >= 11 is 0. The largest absolute Gasteiger partial charge is 0.360 e. The van der Waals surface area contributed by atoms with Gasteiger partial charge in [0.2, 0.25) is 0 Å². The third-order valence-corrected chi connectivity index (χ3v) is 4.66. The highest BCUT2D eigenvalue weighted by atomic mass is 15.1. The first-order valence-corrected chi connectivity index (χ1v) is 6.56. The molecule has 1 spiro atoms. The van der Waals surface area contributed by atoms with E-state index in [0.29, 0.717) is 11.3 Å². The Morgan fingerprint density at radius 1 is 1.41 bits per heavy atom. The number of nitrogens with one attached hydrogen (secondary N) is 1. The first-order valence-electron chi connectivity index (χ1n) is 6.56. The zero-order chi connectivity index (χ0) is 12.0. The zero-order valence-corrected chi connectivity index (χ0v) is 10.7. The third-order valence-electron chi connectivity index (χ3n) is 4.66. The van der Waals surface area contributed by atoms with E-state index in [4.69, 9.17) is 5.84 Å². The topological polar surface area (TPSA) is 54.2 Å². The maximum atomic E-state index is 5.59. The molecule has 0 aliphatic heterocycles. The Bertz CT molecular complexity index is 444. The smallest absolute Gasteiger partial charge is 0.0868 e. The first kappa shape index (κ1) is 10.9. The molecule has 1 heterocycles. The van der Waals surface area contributed by atoms with Gasteiger partial charge in [0, 0.05) is 12.1 Å². The minimum absolute atomic E-state index is 0.574. The lowest BCUT2D eigenvalue weighted by Gasteiger charge is -2.57. The van der Waals surface area contributed by atoms with Crippen LogP contribution < -0.4 is 5.84 Å². The number of nitrogens with two attached hydrogens (primary N) is 1. The van der Waals surface area contributed by atoms with Gasteiger partial charge in [-0.1, -0.05) is 6.92 Å². The van der Waals surface area contributed by atoms with Crippen molar-refractivity contribution in [3.05, 3.63) is 23.5 Å². The van der Waals surface area contributed by atoms with E-state index in [1.165, 1.54) is 31.2 Å². The van der Waals surface area contributed by atoms with Crippen molar-refractivity contribution in [2.24, 2.45) is 28.2 Å². The molecule has 2 aliphatic carbocycles. The number of H-pyrrole nitrogens is 1. The quantitative estimate of drug-likeness (QED) is 0.459. The van der Waals surface area contributed by atoms with Crippen LogP contribution in [-0.4, -0.2) is 10.7 Å². The average molecular weight is 231 g/mol. The summed E-state index contributed by atoms with van der Waals surface area (Å²) in [5, 5.41) is 4.04. The van der Waals surface area contributed by atoms with E-state index in [0.717, 1.165) is 17.3 Å². The van der Waals surface area contributed by atoms with Crippen LogP contribution in [0.2, 0.25) is 0 Å². The van der Waals surface area contributed by atoms with E-state index in [-0.39, 0.29) is 0 Å². The molecule has 0 atom stereocenters. The van der Waals surface area contributed by atoms with Gasteiger partial charge in [-0.3, -0.25) is 0 Å². The van der Waals surface area contributed by atoms with Gasteiger partial charge in [-0.15, -0.1) is 0 Å². The number of nitrogens with zero attached hydrogens (tertiary/aromatic N) is 1. The summed E-state index contributed by atoms with van der Waals surface area (Å²) in [6.45, 7) is 4.46. The highest BCUT2D eigenvalue weighted by molar-refractivity contribution is 6.02. The van der Waals surface area contributed by atoms with Gasteiger partial charge in [-0.05, 0) is 55.6 Å². The van der Waals surface area contributed by atoms with Crippen LogP contribution in [0.1, 0.15) is 43.9 Å². The number of rotatable bonds is 2. The standard InChI is InChI=1S/C14H21N3/c1-9-5-14(6-9)7-11(8-14)13(17-15)12-10(2)3-4-16-12/h3-4,9,11,16H,5-8,15H2,1-2H3/b17-13+. The van der Waals surface area contributed by atoms with E-state index in [1.807, 2.05) is 6.20 Å². The molecule has 3 N–H and O–H groups in total. The first-order chi connectivity index (χ1) is 8.13. The minimum atomic E-state index is 0.574. The van der Waals surface area contributed by atoms with E-state index in [1.54, 1.807) is 0 Å². The van der Waals surface area contributed by atoms with Gasteiger partial charge >= 0.3 is 0 Å². The van der Waals surface area contributed by atoms with Gasteiger partial charge in [0.15, 0.2) is 0 Å². The lowest BCUT2D eigenvalue weighted by molar-refractivity contribution is -0.0387. The van der Waals surface area contributed by atoms with E-state index >= 15 is 0 Å². The Morgan fingerprint density at radius 3 is 2.59 bits per heavy atom. The molecule has 0 bridgehead atoms. The minimum Gasteiger partial charge on any atom is -0.360 e. The Hall–Kier alpha value is -1.25. The fourth-order valence-corrected chi connectivity index (χ4v) is 4.03. The molecule has 3 nitrogen and oxygen atoms in total. The number of hydrazone groups is 1. The zero-order valence-electron chi connectivity index (χ0n) is 10.7. The van der Waals surface area contributed by atoms with E-state index in [9.17, 15) is 0 Å². The second-order valence-electron chi connectivity index (χ2n) is 6.17. The maximum Gasteiger partial charge on any atom is 0.0868 e. The number of aromatic nitrogens is 1. The predicted octanol–water partition coefficient (Wildman–Crippen LogP) is 2.81. The van der Waals surface area contributed by atoms with Crippen molar-refractivity contribution in [1.29, 1.82) is 0 Å². The summed E-state index contributed by atoms with van der Waals surface area (Å²) in [6.07, 6.45) is 7.35. The summed E-state index contributed by atoms with van der Waals surface area (Å²) in [6, 6.07) is 2.08. The van der Waals surface area contributed by atoms with Crippen molar-refractivity contribution >= 4 is 5.71 Å². The lowest BCUT2D eigenvalue weighted by atomic mass is 9.47. The van der Waals surface area contributed by atoms with Crippen LogP contribution in [0.15, 0.2) is 17.4 Å². The van der Waals surface area contributed by atoms with Crippen LogP contribution in [0.25, 0.3) is 0 Å². The van der Waals surface area contributed by atoms with Crippen LogP contribution in [-0.2, 0) is 0 Å². The van der Waals surface area contributed by atoms with Crippen LogP contribution in [0.3, 0.4) is 0 Å². The second kappa shape index (κ2) is 3.62. The molecule has 0 aromatic carbocycles. The third kappa shape index (κ3) is 1.60. The van der Waals surface area contributed by atoms with Crippen molar-refractivity contribution in [1.82, 2.24) is 4.98 Å². The van der Waals surface area contributed by atoms with Gasteiger partial charge < -0.3 is 10.8 Å². The maximum absolute atomic E-state index is 5.59. The summed E-state index contributed by atoms with van der Waals surface area (Å²) in [4.78, 5) is 3.27. The van der Waals surface area contributed by atoms with Crippen molar-refractivity contribution in [2.45, 2.75) is 39.5 Å². The lowest BCUT2D eigenvalue weighted by Crippen LogP contribution is -2.49. The highest BCUT2D eigenvalue weighted by Crippen LogP contribution is 2.61. The van der Waals surface area contributed by atoms with Crippen molar-refractivity contribution in [3.63, 3.8) is 0 Å². The Balaban J connectivity index is 1.72. The van der Waals surface area contributed by atoms with E-state index < -0.39 is 0 Å². The average Bonchev–Trinajstić information content (AvgIpc) is 2.60. The summed E-state index contributed by atoms with van der Waals surface area (Å²) in [7, 11) is 0. The number of aryl methyl sites for hydroxylation is 1. The fraction of sp³-hybridized carbons (Fsp3) is 0.643. The van der Waals surface area contributed by atoms with Crippen molar-refractivity contribution in [2.75, 3.05) is 0 Å². The molecule has 0 amide bonds. The highest BCUT2D eigenvalue weighted by Gasteiger charge is 2.52. The molecule has 1 aromatic rings. The molecule has 0 saturated heterocycles. The van der Waals surface area contributed by atoms with Gasteiger partial charge in [0.05, 0.1) is 11.4 Å². The van der Waals surface area contributed by atoms with Crippen LogP contribution in [0.4, 0.5) is 0 Å². The Labute approximate surface area is 102 Å². The number of aromatic amines is 1. The Morgan fingerprint density at radius 2 is 2.12 bits per heavy atom. The molecule has 17 heavy (non-hydrogen) atoms. The fourth-order valence-electron chi connectivity index (χ4n) is 4.03. The van der Waals surface area contributed by atoms with E-state index in [2.05, 4.69) is 30.0 Å². The van der Waals surface area contributed by atoms with Crippen LogP contribution in [0, 0.1) is 24.2 Å². The molecule has 2 aliphatic rings. The molecule has 0 radical (unpaired) electrons. The summed E-state index contributed by atoms with van der Waals surface area (Å²) in [5.41, 5.74) is 4.12. The van der Waals surface area contributed by atoms with Gasteiger partial charge in [-0.25, -0.2) is 0 Å². The normalized spacial score (nSPS) is 36.7. The Kier molecular flexibility index (Phi) is 2.32. The molecule has 3 heteroatoms. The summed E-state index contributed by atoms with van der Waals surface area (Å²) < 4.78 is 0. The van der Waals surface area contributed by atoms with Crippen LogP contribution >= 0.6 is 0 Å². The van der Waals surface area contributed by atoms with Crippen molar-refractivity contribution < 1.29 is 0 Å². The second-order valence-corrected chi connectivity index (χ2v) is 6.17. The molecule has 2 saturated carbocycles. The van der Waals surface area contributed by atoms with Gasteiger partial charge in [0.1, 0.15) is 0 Å². The van der Waals surface area contributed by atoms with Gasteiger partial charge in [0.25, 0.3) is 0 Å². The molecule has 2 fully saturated rings. The predicted molar refractivity (Wildman–Crippen MR) is 69.8 cm³/mol. The molecule has 1 aromatic heterocycles. The van der Waals surface area contributed by atoms with Crippen molar-refractivity contribution in [3.8, 4) is 0 Å². The van der Waals surface area contributed by atoms with Crippen LogP contribution in [0.5, 0.6) is 0 Å². The molecular formula is C14H21N3. The molecule has 0 unspecified atom stereocenters. The number of hydrogen-bond donors (Lipinski definition) is 2.